The van der Waals surface area contributed by atoms with E-state index in [1.54, 1.807) is 36.4 Å². The van der Waals surface area contributed by atoms with E-state index in [9.17, 15) is 24.6 Å². The number of carbonyl (C=O) groups is 2. The first-order valence-corrected chi connectivity index (χ1v) is 19.1. The Kier molecular flexibility index (Phi) is 11.6. The summed E-state index contributed by atoms with van der Waals surface area (Å²) in [5.74, 6) is -0.0391. The molecule has 11 heteroatoms. The van der Waals surface area contributed by atoms with Crippen molar-refractivity contribution in [3.63, 3.8) is 0 Å². The number of aliphatic hydroxyl groups is 1. The minimum atomic E-state index is -1.29. The van der Waals surface area contributed by atoms with Crippen molar-refractivity contribution in [2.24, 2.45) is 11.7 Å². The number of nitrogens with two attached hydrogens (primary N) is 1. The summed E-state index contributed by atoms with van der Waals surface area (Å²) < 4.78 is 12.2. The van der Waals surface area contributed by atoms with E-state index in [1.807, 2.05) is 48.5 Å². The average Bonchev–Trinajstić information content (AvgIpc) is 3.59. The van der Waals surface area contributed by atoms with Crippen LogP contribution in [-0.2, 0) is 34.6 Å². The van der Waals surface area contributed by atoms with Gasteiger partial charge in [0.15, 0.2) is 5.54 Å². The van der Waals surface area contributed by atoms with Gasteiger partial charge in [-0.3, -0.25) is 9.59 Å². The van der Waals surface area contributed by atoms with Gasteiger partial charge in [-0.15, -0.1) is 0 Å². The molecule has 0 bridgehead atoms. The highest BCUT2D eigenvalue weighted by molar-refractivity contribution is 5.99. The third-order valence-corrected chi connectivity index (χ3v) is 11.1. The molecule has 5 aromatic rings. The topological polar surface area (TPSA) is 176 Å². The number of aromatic amines is 1. The molecule has 0 aliphatic heterocycles. The Morgan fingerprint density at radius 1 is 0.909 bits per heavy atom. The van der Waals surface area contributed by atoms with Gasteiger partial charge in [0.1, 0.15) is 24.2 Å². The normalized spacial score (nSPS) is 18.0. The van der Waals surface area contributed by atoms with Crippen molar-refractivity contribution in [2.75, 3.05) is 13.1 Å². The van der Waals surface area contributed by atoms with Crippen molar-refractivity contribution in [1.82, 2.24) is 15.6 Å². The summed E-state index contributed by atoms with van der Waals surface area (Å²) in [5, 5.41) is 27.9. The molecule has 1 amide bonds. The maximum atomic E-state index is 14.1. The second-order valence-corrected chi connectivity index (χ2v) is 14.7. The van der Waals surface area contributed by atoms with Crippen LogP contribution < -0.4 is 26.7 Å². The molecule has 4 aromatic carbocycles. The number of pyridine rings is 1. The molecule has 2 aliphatic rings. The maximum absolute atomic E-state index is 14.1. The minimum absolute atomic E-state index is 0.0500. The number of esters is 1. The summed E-state index contributed by atoms with van der Waals surface area (Å²) >= 11 is 0. The summed E-state index contributed by atoms with van der Waals surface area (Å²) in [6.07, 6.45) is 5.21. The van der Waals surface area contributed by atoms with Crippen LogP contribution in [-0.4, -0.2) is 46.3 Å². The van der Waals surface area contributed by atoms with Gasteiger partial charge in [-0.25, -0.2) is 4.79 Å². The summed E-state index contributed by atoms with van der Waals surface area (Å²) in [7, 11) is 0. The van der Waals surface area contributed by atoms with Crippen molar-refractivity contribution >= 4 is 22.8 Å². The van der Waals surface area contributed by atoms with Gasteiger partial charge in [-0.05, 0) is 95.8 Å². The Hall–Kier alpha value is -5.49. The Morgan fingerprint density at radius 2 is 1.65 bits per heavy atom. The van der Waals surface area contributed by atoms with Gasteiger partial charge >= 0.3 is 5.97 Å². The molecule has 0 spiro atoms. The fourth-order valence-electron chi connectivity index (χ4n) is 7.99. The molecule has 1 unspecified atom stereocenters. The van der Waals surface area contributed by atoms with Crippen LogP contribution in [0.1, 0.15) is 82.8 Å². The number of hydrogen-bond donors (Lipinski definition) is 6. The SMILES string of the molecule is NC[C@H](OC(=O)C1(NC(=O)c2ccc(OCc3ccc(CNC[C@H](O)c4ccc(O)c5[nH]c(=O)ccc45)cc3)cc2)CCc2ccccc21)C1CCCCC1. The smallest absolute Gasteiger partial charge is 0.336 e. The van der Waals surface area contributed by atoms with Gasteiger partial charge in [-0.2, -0.15) is 0 Å². The quantitative estimate of drug-likeness (QED) is 0.0784. The molecule has 1 heterocycles. The van der Waals surface area contributed by atoms with Crippen molar-refractivity contribution in [2.45, 2.75) is 75.8 Å². The zero-order valence-electron chi connectivity index (χ0n) is 30.8. The summed E-state index contributed by atoms with van der Waals surface area (Å²) in [6, 6.07) is 28.6. The van der Waals surface area contributed by atoms with Gasteiger partial charge in [-0.1, -0.05) is 73.9 Å². The first-order valence-electron chi connectivity index (χ1n) is 19.1. The number of nitrogens with one attached hydrogen (secondary N) is 3. The monoisotopic (exact) mass is 744 g/mol. The molecule has 2 aliphatic carbocycles. The summed E-state index contributed by atoms with van der Waals surface area (Å²) in [6.45, 7) is 1.37. The zero-order chi connectivity index (χ0) is 38.4. The van der Waals surface area contributed by atoms with Crippen molar-refractivity contribution < 1.29 is 29.3 Å². The van der Waals surface area contributed by atoms with Crippen LogP contribution in [0.25, 0.3) is 10.9 Å². The highest BCUT2D eigenvalue weighted by atomic mass is 16.5. The highest BCUT2D eigenvalue weighted by Crippen LogP contribution is 2.40. The lowest BCUT2D eigenvalue weighted by Gasteiger charge is -2.34. The van der Waals surface area contributed by atoms with Crippen LogP contribution in [0.3, 0.4) is 0 Å². The number of benzene rings is 4. The zero-order valence-corrected chi connectivity index (χ0v) is 30.8. The molecule has 3 atom stereocenters. The summed E-state index contributed by atoms with van der Waals surface area (Å²) in [4.78, 5) is 42.1. The predicted molar refractivity (Wildman–Crippen MR) is 210 cm³/mol. The van der Waals surface area contributed by atoms with Crippen molar-refractivity contribution in [3.8, 4) is 11.5 Å². The second kappa shape index (κ2) is 16.9. The number of H-pyrrole nitrogens is 1. The molecule has 0 saturated heterocycles. The van der Waals surface area contributed by atoms with E-state index in [4.69, 9.17) is 15.2 Å². The molecule has 1 aromatic heterocycles. The van der Waals surface area contributed by atoms with Crippen LogP contribution in [0, 0.1) is 5.92 Å². The van der Waals surface area contributed by atoms with E-state index in [1.165, 1.54) is 18.6 Å². The number of aliphatic hydroxyl groups excluding tert-OH is 1. The molecular weight excluding hydrogens is 697 g/mol. The van der Waals surface area contributed by atoms with Gasteiger partial charge in [0, 0.05) is 36.7 Å². The Morgan fingerprint density at radius 3 is 2.42 bits per heavy atom. The number of carbonyl (C=O) groups excluding carboxylic acids is 2. The van der Waals surface area contributed by atoms with Gasteiger partial charge in [0.05, 0.1) is 11.6 Å². The first kappa shape index (κ1) is 37.8. The fourth-order valence-corrected chi connectivity index (χ4v) is 7.99. The molecule has 1 saturated carbocycles. The van der Waals surface area contributed by atoms with E-state index < -0.39 is 17.6 Å². The van der Waals surface area contributed by atoms with Crippen LogP contribution in [0.5, 0.6) is 11.5 Å². The molecule has 286 valence electrons. The highest BCUT2D eigenvalue weighted by Gasteiger charge is 2.49. The predicted octanol–water partition coefficient (Wildman–Crippen LogP) is 5.66. The molecule has 11 nitrogen and oxygen atoms in total. The second-order valence-electron chi connectivity index (χ2n) is 14.7. The molecule has 7 rings (SSSR count). The van der Waals surface area contributed by atoms with E-state index in [-0.39, 0.29) is 42.3 Å². The minimum Gasteiger partial charge on any atom is -0.506 e. The fraction of sp³-hybridized carbons (Fsp3) is 0.341. The van der Waals surface area contributed by atoms with Crippen LogP contribution >= 0.6 is 0 Å². The Labute approximate surface area is 319 Å². The lowest BCUT2D eigenvalue weighted by molar-refractivity contribution is -0.160. The number of aryl methyl sites for hydroxylation is 1. The average molecular weight is 745 g/mol. The molecule has 7 N–H and O–H groups in total. The van der Waals surface area contributed by atoms with Gasteiger partial charge in [0.25, 0.3) is 5.91 Å². The lowest BCUT2D eigenvalue weighted by Crippen LogP contribution is -2.53. The van der Waals surface area contributed by atoms with Crippen molar-refractivity contribution in [3.05, 3.63) is 141 Å². The van der Waals surface area contributed by atoms with E-state index in [0.29, 0.717) is 53.8 Å². The third kappa shape index (κ3) is 8.44. The number of rotatable bonds is 14. The number of aromatic hydroxyl groups is 1. The lowest BCUT2D eigenvalue weighted by atomic mass is 9.85. The van der Waals surface area contributed by atoms with Gasteiger partial charge < -0.3 is 41.0 Å². The van der Waals surface area contributed by atoms with E-state index in [0.717, 1.165) is 47.9 Å². The number of ether oxygens (including phenoxy) is 2. The standard InChI is InChI=1S/C44H48N4O7/c45-24-39(31-7-2-1-3-8-31)55-43(53)44(23-22-30-6-4-5-9-36(30)44)48-42(52)32-14-16-33(17-15-32)54-27-29-12-10-28(11-13-29)25-46-26-38(50)34-18-20-37(49)41-35(34)19-21-40(51)47-41/h4-6,9-21,31,38-39,46,49-50H,1-3,7-8,22-27,45H2,(H,47,51)(H,48,52)/t38-,39-,44?/m0/s1. The number of phenolic OH excluding ortho intramolecular Hbond substituents is 1. The number of fused-ring (bicyclic) bond motifs is 2. The number of amides is 1. The third-order valence-electron chi connectivity index (χ3n) is 11.1. The van der Waals surface area contributed by atoms with E-state index >= 15 is 0 Å². The summed E-state index contributed by atoms with van der Waals surface area (Å²) in [5.41, 5.74) is 9.58. The maximum Gasteiger partial charge on any atom is 0.336 e. The molecule has 1 fully saturated rings. The number of aromatic nitrogens is 1. The van der Waals surface area contributed by atoms with Crippen molar-refractivity contribution in [1.29, 1.82) is 0 Å². The molecule has 55 heavy (non-hydrogen) atoms. The Balaban J connectivity index is 0.929. The largest absolute Gasteiger partial charge is 0.506 e. The van der Waals surface area contributed by atoms with E-state index in [2.05, 4.69) is 15.6 Å². The van der Waals surface area contributed by atoms with Gasteiger partial charge in [0.2, 0.25) is 5.56 Å². The van der Waals surface area contributed by atoms with Crippen LogP contribution in [0.4, 0.5) is 0 Å². The van der Waals surface area contributed by atoms with Crippen LogP contribution in [0.2, 0.25) is 0 Å². The Bertz CT molecular complexity index is 2180. The molecular formula is C44H48N4O7. The first-order chi connectivity index (χ1) is 26.7. The number of hydrogen-bond acceptors (Lipinski definition) is 9. The molecule has 0 radical (unpaired) electrons. The van der Waals surface area contributed by atoms with Crippen LogP contribution in [0.15, 0.2) is 102 Å². The number of phenols is 1.